The van der Waals surface area contributed by atoms with Crippen LogP contribution < -0.4 is 15.5 Å². The third-order valence-electron chi connectivity index (χ3n) is 6.03. The molecule has 0 amide bonds. The molecule has 2 aliphatic heterocycles. The van der Waals surface area contributed by atoms with Crippen LogP contribution in [0.25, 0.3) is 15.3 Å². The summed E-state index contributed by atoms with van der Waals surface area (Å²) < 4.78 is 8.34. The van der Waals surface area contributed by atoms with Gasteiger partial charge in [-0.3, -0.25) is 4.98 Å². The molecule has 6 heterocycles. The van der Waals surface area contributed by atoms with E-state index < -0.39 is 0 Å². The third-order valence-corrected chi connectivity index (χ3v) is 7.02. The number of aromatic nitrogens is 6. The normalized spacial score (nSPS) is 17.5. The van der Waals surface area contributed by atoms with Crippen LogP contribution in [0.15, 0.2) is 36.9 Å². The second-order valence-electron chi connectivity index (χ2n) is 8.20. The Balaban J connectivity index is 1.29. The van der Waals surface area contributed by atoms with Gasteiger partial charge in [0.25, 0.3) is 0 Å². The quantitative estimate of drug-likeness (QED) is 0.462. The average molecular weight is 464 g/mol. The molecule has 0 atom stereocenters. The molecule has 2 N–H and O–H groups in total. The summed E-state index contributed by atoms with van der Waals surface area (Å²) in [6.07, 6.45) is 9.26. The van der Waals surface area contributed by atoms with E-state index in [4.69, 9.17) is 19.7 Å². The Morgan fingerprint density at radius 3 is 2.76 bits per heavy atom. The molecule has 2 fully saturated rings. The van der Waals surface area contributed by atoms with Gasteiger partial charge in [-0.05, 0) is 18.9 Å². The van der Waals surface area contributed by atoms with Crippen LogP contribution in [0.1, 0.15) is 24.5 Å². The molecule has 6 rings (SSSR count). The summed E-state index contributed by atoms with van der Waals surface area (Å²) in [7, 11) is 0. The van der Waals surface area contributed by atoms with Gasteiger partial charge in [0.1, 0.15) is 5.82 Å². The Kier molecular flexibility index (Phi) is 5.58. The summed E-state index contributed by atoms with van der Waals surface area (Å²) in [6.45, 7) is 5.32. The van der Waals surface area contributed by atoms with Crippen molar-refractivity contribution in [3.8, 4) is 5.13 Å². The van der Waals surface area contributed by atoms with Crippen LogP contribution in [0.2, 0.25) is 0 Å². The van der Waals surface area contributed by atoms with Crippen LogP contribution in [0.4, 0.5) is 17.5 Å². The van der Waals surface area contributed by atoms with Gasteiger partial charge in [0.15, 0.2) is 11.6 Å². The van der Waals surface area contributed by atoms with Crippen LogP contribution in [0.3, 0.4) is 0 Å². The molecule has 10 nitrogen and oxygen atoms in total. The maximum Gasteiger partial charge on any atom is 0.211 e. The van der Waals surface area contributed by atoms with E-state index in [9.17, 15) is 0 Å². The first-order valence-electron chi connectivity index (χ1n) is 11.3. The molecule has 0 aliphatic carbocycles. The molecular weight excluding hydrogens is 438 g/mol. The molecule has 0 spiro atoms. The Labute approximate surface area is 195 Å². The highest BCUT2D eigenvalue weighted by Crippen LogP contribution is 2.33. The second kappa shape index (κ2) is 9.00. The number of hydrogen-bond acceptors (Lipinski definition) is 10. The predicted octanol–water partition coefficient (Wildman–Crippen LogP) is 2.71. The number of pyridine rings is 1. The minimum atomic E-state index is 0.385. The van der Waals surface area contributed by atoms with Crippen molar-refractivity contribution in [2.24, 2.45) is 0 Å². The standard InChI is InChI=1S/C22H25N9OS/c1-4-26-31(7-1)22-27-16-12-18(24-13-17(16)33-22)28-19-14-25-20(15-2-10-32-11-3-15)21(29-19)30-8-5-23-6-9-30/h1,4,7,12-15,23H,2-3,5-6,8-11H2,(H,24,28,29). The Bertz CT molecular complexity index is 1230. The monoisotopic (exact) mass is 463 g/mol. The number of ether oxygens (including phenoxy) is 1. The molecule has 0 unspecified atom stereocenters. The highest BCUT2D eigenvalue weighted by molar-refractivity contribution is 7.20. The van der Waals surface area contributed by atoms with Gasteiger partial charge < -0.3 is 20.3 Å². The van der Waals surface area contributed by atoms with Gasteiger partial charge in [-0.25, -0.2) is 19.6 Å². The highest BCUT2D eigenvalue weighted by atomic mass is 32.1. The Morgan fingerprint density at radius 1 is 1.06 bits per heavy atom. The van der Waals surface area contributed by atoms with E-state index in [1.54, 1.807) is 22.2 Å². The van der Waals surface area contributed by atoms with Crippen molar-refractivity contribution in [1.82, 2.24) is 35.0 Å². The highest BCUT2D eigenvalue weighted by Gasteiger charge is 2.25. The molecule has 0 radical (unpaired) electrons. The maximum absolute atomic E-state index is 5.57. The van der Waals surface area contributed by atoms with Crippen LogP contribution in [-0.4, -0.2) is 69.1 Å². The van der Waals surface area contributed by atoms with Gasteiger partial charge in [-0.2, -0.15) is 5.10 Å². The molecule has 33 heavy (non-hydrogen) atoms. The topological polar surface area (TPSA) is 106 Å². The van der Waals surface area contributed by atoms with Gasteiger partial charge in [0.2, 0.25) is 5.13 Å². The van der Waals surface area contributed by atoms with Crippen molar-refractivity contribution in [3.63, 3.8) is 0 Å². The number of hydrogen-bond donors (Lipinski definition) is 2. The Hall–Kier alpha value is -3.15. The first-order chi connectivity index (χ1) is 16.3. The second-order valence-corrected chi connectivity index (χ2v) is 9.21. The van der Waals surface area contributed by atoms with E-state index in [0.717, 1.165) is 79.1 Å². The molecule has 4 aromatic heterocycles. The van der Waals surface area contributed by atoms with Crippen LogP contribution in [-0.2, 0) is 4.74 Å². The number of nitrogens with zero attached hydrogens (tertiary/aromatic N) is 7. The molecule has 11 heteroatoms. The lowest BCUT2D eigenvalue weighted by molar-refractivity contribution is 0.0845. The fraction of sp³-hybridized carbons (Fsp3) is 0.409. The van der Waals surface area contributed by atoms with Gasteiger partial charge >= 0.3 is 0 Å². The van der Waals surface area contributed by atoms with Crippen molar-refractivity contribution in [2.45, 2.75) is 18.8 Å². The fourth-order valence-electron chi connectivity index (χ4n) is 4.32. The predicted molar refractivity (Wildman–Crippen MR) is 128 cm³/mol. The largest absolute Gasteiger partial charge is 0.381 e. The minimum Gasteiger partial charge on any atom is -0.381 e. The lowest BCUT2D eigenvalue weighted by Gasteiger charge is -2.32. The van der Waals surface area contributed by atoms with E-state index in [1.165, 1.54) is 0 Å². The number of nitrogens with one attached hydrogen (secondary N) is 2. The summed E-state index contributed by atoms with van der Waals surface area (Å²) in [5, 5.41) is 11.8. The summed E-state index contributed by atoms with van der Waals surface area (Å²) in [5.41, 5.74) is 1.95. The summed E-state index contributed by atoms with van der Waals surface area (Å²) in [4.78, 5) is 21.5. The van der Waals surface area contributed by atoms with Gasteiger partial charge in [-0.1, -0.05) is 11.3 Å². The molecule has 4 aromatic rings. The van der Waals surface area contributed by atoms with Gasteiger partial charge in [-0.15, -0.1) is 0 Å². The molecular formula is C22H25N9OS. The Morgan fingerprint density at radius 2 is 1.94 bits per heavy atom. The molecule has 0 aromatic carbocycles. The number of piperazine rings is 1. The van der Waals surface area contributed by atoms with E-state index >= 15 is 0 Å². The number of thiazole rings is 1. The van der Waals surface area contributed by atoms with E-state index in [0.29, 0.717) is 17.6 Å². The van der Waals surface area contributed by atoms with Crippen LogP contribution in [0, 0.1) is 0 Å². The van der Waals surface area contributed by atoms with Gasteiger partial charge in [0, 0.05) is 70.0 Å². The lowest BCUT2D eigenvalue weighted by Crippen LogP contribution is -2.44. The van der Waals surface area contributed by atoms with E-state index in [-0.39, 0.29) is 0 Å². The van der Waals surface area contributed by atoms with Gasteiger partial charge in [0.05, 0.1) is 22.1 Å². The van der Waals surface area contributed by atoms with E-state index in [2.05, 4.69) is 25.6 Å². The number of fused-ring (bicyclic) bond motifs is 1. The van der Waals surface area contributed by atoms with E-state index in [1.807, 2.05) is 30.7 Å². The van der Waals surface area contributed by atoms with Crippen molar-refractivity contribution in [3.05, 3.63) is 42.6 Å². The van der Waals surface area contributed by atoms with Crippen LogP contribution in [0.5, 0.6) is 0 Å². The first-order valence-corrected chi connectivity index (χ1v) is 12.1. The molecule has 170 valence electrons. The smallest absolute Gasteiger partial charge is 0.211 e. The zero-order valence-electron chi connectivity index (χ0n) is 18.1. The number of anilines is 3. The average Bonchev–Trinajstić information content (AvgIpc) is 3.55. The van der Waals surface area contributed by atoms with Crippen LogP contribution >= 0.6 is 11.3 Å². The molecule has 2 saturated heterocycles. The zero-order chi connectivity index (χ0) is 22.0. The molecule has 0 saturated carbocycles. The fourth-order valence-corrected chi connectivity index (χ4v) is 5.18. The molecule has 0 bridgehead atoms. The zero-order valence-corrected chi connectivity index (χ0v) is 19.0. The minimum absolute atomic E-state index is 0.385. The summed E-state index contributed by atoms with van der Waals surface area (Å²) in [6, 6.07) is 3.83. The maximum atomic E-state index is 5.57. The lowest BCUT2D eigenvalue weighted by atomic mass is 9.95. The third kappa shape index (κ3) is 4.26. The number of rotatable bonds is 5. The summed E-state index contributed by atoms with van der Waals surface area (Å²) >= 11 is 1.56. The van der Waals surface area contributed by atoms with Crippen molar-refractivity contribution >= 4 is 39.0 Å². The van der Waals surface area contributed by atoms with Crippen molar-refractivity contribution in [1.29, 1.82) is 0 Å². The van der Waals surface area contributed by atoms with Crippen molar-refractivity contribution < 1.29 is 4.74 Å². The summed E-state index contributed by atoms with van der Waals surface area (Å²) in [5.74, 6) is 2.74. The first kappa shape index (κ1) is 20.5. The van der Waals surface area contributed by atoms with Crippen molar-refractivity contribution in [2.75, 3.05) is 49.6 Å². The molecule has 2 aliphatic rings. The SMILES string of the molecule is c1cnn(-c2nc3cc(Nc4cnc(C5CCOCC5)c(N5CCNCC5)n4)ncc3s2)c1.